The van der Waals surface area contributed by atoms with Crippen LogP contribution in [0.2, 0.25) is 0 Å². The average Bonchev–Trinajstić information content (AvgIpc) is 3.42. The van der Waals surface area contributed by atoms with E-state index in [1.54, 1.807) is 12.4 Å². The van der Waals surface area contributed by atoms with E-state index in [9.17, 15) is 0 Å². The van der Waals surface area contributed by atoms with Gasteiger partial charge in [-0.25, -0.2) is 0 Å². The highest BCUT2D eigenvalue weighted by Crippen LogP contribution is 2.30. The lowest BCUT2D eigenvalue weighted by Crippen LogP contribution is -2.21. The van der Waals surface area contributed by atoms with Crippen LogP contribution in [0.25, 0.3) is 23.0 Å². The van der Waals surface area contributed by atoms with Gasteiger partial charge in [0.2, 0.25) is 5.82 Å². The van der Waals surface area contributed by atoms with E-state index < -0.39 is 0 Å². The fraction of sp³-hybridized carbons (Fsp3) is 0.238. The van der Waals surface area contributed by atoms with Gasteiger partial charge < -0.3 is 14.0 Å². The van der Waals surface area contributed by atoms with Crippen molar-refractivity contribution in [2.24, 2.45) is 0 Å². The van der Waals surface area contributed by atoms with Crippen LogP contribution in [0.3, 0.4) is 0 Å². The van der Waals surface area contributed by atoms with Crippen LogP contribution in [0.1, 0.15) is 24.3 Å². The van der Waals surface area contributed by atoms with Crippen LogP contribution >= 0.6 is 0 Å². The van der Waals surface area contributed by atoms with Crippen molar-refractivity contribution in [3.8, 4) is 28.7 Å². The molecular weight excluding hydrogens is 370 g/mol. The van der Waals surface area contributed by atoms with Crippen molar-refractivity contribution >= 4 is 0 Å². The molecule has 0 spiro atoms. The first-order valence-corrected chi connectivity index (χ1v) is 9.45. The summed E-state index contributed by atoms with van der Waals surface area (Å²) in [6.07, 6.45) is 3.32. The zero-order valence-corrected chi connectivity index (χ0v) is 15.9. The Balaban J connectivity index is 1.35. The predicted molar refractivity (Wildman–Crippen MR) is 104 cm³/mol. The lowest BCUT2D eigenvalue weighted by atomic mass is 10.1. The predicted octanol–water partition coefficient (Wildman–Crippen LogP) is 3.67. The molecule has 0 saturated heterocycles. The van der Waals surface area contributed by atoms with Gasteiger partial charge in [0.05, 0.1) is 25.5 Å². The quantitative estimate of drug-likeness (QED) is 0.515. The van der Waals surface area contributed by atoms with Crippen molar-refractivity contribution in [1.29, 1.82) is 0 Å². The number of hydrogen-bond acceptors (Lipinski definition) is 7. The Labute approximate surface area is 167 Å². The van der Waals surface area contributed by atoms with Crippen LogP contribution < -0.4 is 4.74 Å². The van der Waals surface area contributed by atoms with E-state index in [2.05, 4.69) is 20.2 Å². The molecule has 0 radical (unpaired) electrons. The minimum Gasteiger partial charge on any atom is -0.494 e. The summed E-state index contributed by atoms with van der Waals surface area (Å²) in [6.45, 7) is 3.71. The van der Waals surface area contributed by atoms with Crippen LogP contribution in [-0.2, 0) is 17.9 Å². The summed E-state index contributed by atoms with van der Waals surface area (Å²) in [7, 11) is 0. The SMILES string of the molecule is CCOc1ccc(C2Cn3nc(-c4nc(-c5ccncc5)no4)cc3CO2)cc1. The summed E-state index contributed by atoms with van der Waals surface area (Å²) in [5.41, 5.74) is 3.56. The molecule has 0 bridgehead atoms. The van der Waals surface area contributed by atoms with Gasteiger partial charge in [0, 0.05) is 18.0 Å². The van der Waals surface area contributed by atoms with Gasteiger partial charge in [0.25, 0.3) is 5.89 Å². The second-order valence-corrected chi connectivity index (χ2v) is 6.66. The molecule has 3 aromatic heterocycles. The van der Waals surface area contributed by atoms with Crippen molar-refractivity contribution in [2.75, 3.05) is 6.61 Å². The maximum Gasteiger partial charge on any atom is 0.278 e. The van der Waals surface area contributed by atoms with Gasteiger partial charge in [-0.1, -0.05) is 17.3 Å². The third-order valence-electron chi connectivity index (χ3n) is 4.78. The number of nitrogens with zero attached hydrogens (tertiary/aromatic N) is 5. The van der Waals surface area contributed by atoms with E-state index in [0.717, 1.165) is 22.6 Å². The zero-order chi connectivity index (χ0) is 19.6. The van der Waals surface area contributed by atoms with Crippen LogP contribution in [0.5, 0.6) is 5.75 Å². The first-order valence-electron chi connectivity index (χ1n) is 9.45. The molecule has 0 amide bonds. The highest BCUT2D eigenvalue weighted by Gasteiger charge is 2.24. The van der Waals surface area contributed by atoms with Crippen molar-refractivity contribution in [2.45, 2.75) is 26.2 Å². The largest absolute Gasteiger partial charge is 0.494 e. The highest BCUT2D eigenvalue weighted by atomic mass is 16.5. The molecular formula is C21H19N5O3. The fourth-order valence-electron chi connectivity index (χ4n) is 3.32. The molecule has 5 rings (SSSR count). The summed E-state index contributed by atoms with van der Waals surface area (Å²) in [6, 6.07) is 13.6. The number of ether oxygens (including phenoxy) is 2. The Morgan fingerprint density at radius 3 is 2.76 bits per heavy atom. The second-order valence-electron chi connectivity index (χ2n) is 6.66. The number of rotatable bonds is 5. The maximum atomic E-state index is 6.04. The van der Waals surface area contributed by atoms with Gasteiger partial charge in [-0.2, -0.15) is 10.1 Å². The molecule has 1 aliphatic heterocycles. The standard InChI is InChI=1S/C21H19N5O3/c1-2-27-17-5-3-14(4-6-17)19-12-26-16(13-28-19)11-18(24-26)21-23-20(25-29-21)15-7-9-22-10-8-15/h3-11,19H,2,12-13H2,1H3. The zero-order valence-electron chi connectivity index (χ0n) is 15.9. The number of pyridine rings is 1. The normalized spacial score (nSPS) is 15.8. The molecule has 4 aromatic rings. The van der Waals surface area contributed by atoms with Crippen LogP contribution in [0.4, 0.5) is 0 Å². The van der Waals surface area contributed by atoms with Gasteiger partial charge >= 0.3 is 0 Å². The Morgan fingerprint density at radius 1 is 1.14 bits per heavy atom. The third kappa shape index (κ3) is 3.50. The van der Waals surface area contributed by atoms with E-state index in [4.69, 9.17) is 14.0 Å². The molecule has 8 nitrogen and oxygen atoms in total. The van der Waals surface area contributed by atoms with Gasteiger partial charge in [-0.15, -0.1) is 0 Å². The first-order chi connectivity index (χ1) is 14.3. The fourth-order valence-corrected chi connectivity index (χ4v) is 3.32. The monoisotopic (exact) mass is 389 g/mol. The Hall–Kier alpha value is -3.52. The molecule has 8 heteroatoms. The van der Waals surface area contributed by atoms with Crippen LogP contribution in [-0.4, -0.2) is 31.5 Å². The smallest absolute Gasteiger partial charge is 0.278 e. The first kappa shape index (κ1) is 17.6. The molecule has 4 heterocycles. The Bertz CT molecular complexity index is 1110. The number of fused-ring (bicyclic) bond motifs is 1. The van der Waals surface area contributed by atoms with Gasteiger partial charge in [-0.05, 0) is 42.8 Å². The minimum absolute atomic E-state index is 0.0685. The van der Waals surface area contributed by atoms with Crippen molar-refractivity contribution in [1.82, 2.24) is 24.9 Å². The van der Waals surface area contributed by atoms with E-state index in [0.29, 0.717) is 37.2 Å². The summed E-state index contributed by atoms with van der Waals surface area (Å²) in [5, 5.41) is 8.70. The minimum atomic E-state index is -0.0685. The molecule has 146 valence electrons. The van der Waals surface area contributed by atoms with E-state index in [1.807, 2.05) is 54.1 Å². The van der Waals surface area contributed by atoms with Crippen molar-refractivity contribution < 1.29 is 14.0 Å². The maximum absolute atomic E-state index is 6.04. The van der Waals surface area contributed by atoms with Gasteiger partial charge in [0.15, 0.2) is 5.69 Å². The molecule has 0 aliphatic carbocycles. The molecule has 1 unspecified atom stereocenters. The lowest BCUT2D eigenvalue weighted by Gasteiger charge is -2.24. The van der Waals surface area contributed by atoms with E-state index in [1.165, 1.54) is 0 Å². The highest BCUT2D eigenvalue weighted by molar-refractivity contribution is 5.57. The molecule has 1 atom stereocenters. The number of aromatic nitrogens is 5. The second kappa shape index (κ2) is 7.48. The lowest BCUT2D eigenvalue weighted by molar-refractivity contribution is -0.00115. The molecule has 0 saturated carbocycles. The van der Waals surface area contributed by atoms with Crippen LogP contribution in [0.15, 0.2) is 59.4 Å². The Morgan fingerprint density at radius 2 is 1.97 bits per heavy atom. The number of benzene rings is 1. The van der Waals surface area contributed by atoms with Crippen molar-refractivity contribution in [3.63, 3.8) is 0 Å². The average molecular weight is 389 g/mol. The number of hydrogen-bond donors (Lipinski definition) is 0. The molecule has 0 fully saturated rings. The topological polar surface area (TPSA) is 88.1 Å². The van der Waals surface area contributed by atoms with Crippen molar-refractivity contribution in [3.05, 3.63) is 66.1 Å². The summed E-state index contributed by atoms with van der Waals surface area (Å²) in [4.78, 5) is 8.47. The summed E-state index contributed by atoms with van der Waals surface area (Å²) >= 11 is 0. The van der Waals surface area contributed by atoms with Gasteiger partial charge in [-0.3, -0.25) is 9.67 Å². The molecule has 29 heavy (non-hydrogen) atoms. The summed E-state index contributed by atoms with van der Waals surface area (Å²) < 4.78 is 18.9. The third-order valence-corrected chi connectivity index (χ3v) is 4.78. The molecule has 1 aliphatic rings. The van der Waals surface area contributed by atoms with E-state index in [-0.39, 0.29) is 6.10 Å². The Kier molecular flexibility index (Phi) is 4.53. The van der Waals surface area contributed by atoms with E-state index >= 15 is 0 Å². The summed E-state index contributed by atoms with van der Waals surface area (Å²) in [5.74, 6) is 1.75. The molecule has 0 N–H and O–H groups in total. The van der Waals surface area contributed by atoms with Gasteiger partial charge in [0.1, 0.15) is 11.9 Å². The molecule has 1 aromatic carbocycles. The van der Waals surface area contributed by atoms with Crippen LogP contribution in [0, 0.1) is 0 Å².